The van der Waals surface area contributed by atoms with Gasteiger partial charge in [-0.25, -0.2) is 5.56 Å². The summed E-state index contributed by atoms with van der Waals surface area (Å²) in [5.74, 6) is 0.0609. The van der Waals surface area contributed by atoms with Gasteiger partial charge in [0.15, 0.2) is 0 Å². The number of carbonyl (C=O) groups is 1. The molecule has 0 spiro atoms. The van der Waals surface area contributed by atoms with Crippen molar-refractivity contribution in [2.75, 3.05) is 26.0 Å². The molecule has 1 N–H and O–H groups in total. The molecule has 3 rings (SSSR count). The number of likely N-dealkylation sites (N-methyl/N-ethyl adjacent to an activating group) is 2. The van der Waals surface area contributed by atoms with Gasteiger partial charge in [0.2, 0.25) is 5.88 Å². The van der Waals surface area contributed by atoms with Crippen molar-refractivity contribution in [1.29, 1.82) is 0 Å². The number of anilines is 1. The second-order valence-corrected chi connectivity index (χ2v) is 6.66. The molecule has 2 heterocycles. The molecular formula is C21H23N3O2RbRe-. The molecule has 0 atom stereocenters. The van der Waals surface area contributed by atoms with Crippen LogP contribution in [0.2, 0.25) is 0 Å². The molecule has 143 valence electrons. The van der Waals surface area contributed by atoms with Crippen molar-refractivity contribution in [3.05, 3.63) is 76.6 Å². The van der Waals surface area contributed by atoms with Crippen LogP contribution in [0.1, 0.15) is 16.7 Å². The van der Waals surface area contributed by atoms with Crippen molar-refractivity contribution >= 4 is 11.6 Å². The minimum Gasteiger partial charge on any atom is -0.494 e. The summed E-state index contributed by atoms with van der Waals surface area (Å²) in [5.41, 5.74) is 5.70. The monoisotopic (exact) mass is 621 g/mol. The molecule has 0 bridgehead atoms. The molecule has 2 aliphatic rings. The smallest absolute Gasteiger partial charge is 0.494 e. The van der Waals surface area contributed by atoms with Crippen LogP contribution in [0.5, 0.6) is 0 Å². The van der Waals surface area contributed by atoms with E-state index in [0.29, 0.717) is 5.82 Å². The van der Waals surface area contributed by atoms with E-state index in [4.69, 9.17) is 0 Å². The third-order valence-corrected chi connectivity index (χ3v) is 5.04. The van der Waals surface area contributed by atoms with Crippen LogP contribution < -0.4 is 63.1 Å². The van der Waals surface area contributed by atoms with Crippen molar-refractivity contribution in [2.24, 2.45) is 0 Å². The summed E-state index contributed by atoms with van der Waals surface area (Å²) >= 11 is 0. The second kappa shape index (κ2) is 10.0. The first-order chi connectivity index (χ1) is 12.2. The molecule has 1 radical (unpaired) electrons. The topological polar surface area (TPSA) is 47.0 Å². The quantitative estimate of drug-likeness (QED) is 0.473. The van der Waals surface area contributed by atoms with E-state index in [2.05, 4.69) is 23.6 Å². The number of hydrogen-bond acceptors (Lipinski definition) is 4. The van der Waals surface area contributed by atoms with Crippen LogP contribution in [0.25, 0.3) is 0 Å². The summed E-state index contributed by atoms with van der Waals surface area (Å²) < 4.78 is 0. The van der Waals surface area contributed by atoms with Gasteiger partial charge < -0.3 is 21.0 Å². The van der Waals surface area contributed by atoms with Crippen LogP contribution in [-0.2, 0) is 31.6 Å². The van der Waals surface area contributed by atoms with Crippen molar-refractivity contribution in [3.8, 4) is 0 Å². The number of rotatable bonds is 2. The third-order valence-electron chi connectivity index (χ3n) is 5.04. The van der Waals surface area contributed by atoms with E-state index in [-0.39, 0.29) is 96.0 Å². The minimum absolute atomic E-state index is 0. The zero-order chi connectivity index (χ0) is 19.2. The number of aliphatic hydroxyl groups excluding tert-OH is 1. The average Bonchev–Trinajstić information content (AvgIpc) is 2.90. The maximum Gasteiger partial charge on any atom is 1.00 e. The van der Waals surface area contributed by atoms with Gasteiger partial charge in [0, 0.05) is 34.5 Å². The Balaban J connectivity index is 0.00000196. The second-order valence-electron chi connectivity index (χ2n) is 6.66. The fraction of sp³-hybridized carbons (Fsp3) is 0.286. The van der Waals surface area contributed by atoms with Crippen LogP contribution >= 0.6 is 0 Å². The van der Waals surface area contributed by atoms with E-state index in [0.717, 1.165) is 34.5 Å². The molecule has 1 aromatic carbocycles. The molecule has 0 aliphatic carbocycles. The van der Waals surface area contributed by atoms with Crippen molar-refractivity contribution in [1.82, 2.24) is 9.80 Å². The number of aryl methyl sites for hydroxylation is 2. The number of benzene rings is 1. The fourth-order valence-corrected chi connectivity index (χ4v) is 3.08. The first kappa shape index (κ1) is 25.6. The van der Waals surface area contributed by atoms with Gasteiger partial charge in [-0.1, -0.05) is 19.1 Å². The van der Waals surface area contributed by atoms with E-state index in [1.54, 1.807) is 26.2 Å². The first-order valence-corrected chi connectivity index (χ1v) is 8.42. The standard InChI is InChI=1S/C21H23N3O2.Rb.Re/c1-13-10-16-12-17(24(6)19(16)11-14(13)2)8-7-9-18-20(25)22(4)15(3)23(5)21(18)26;;/h7-9,25H,3,12H2,1-2,4-6H3;;/q-2;+1;/b9-7+,17-8-;;. The van der Waals surface area contributed by atoms with Crippen LogP contribution in [-0.4, -0.2) is 42.0 Å². The number of aliphatic hydroxyl groups is 1. The Hall–Kier alpha value is -0.482. The van der Waals surface area contributed by atoms with Crippen LogP contribution in [0.3, 0.4) is 0 Å². The van der Waals surface area contributed by atoms with Crippen molar-refractivity contribution < 1.29 is 88.5 Å². The molecule has 1 amide bonds. The van der Waals surface area contributed by atoms with Crippen LogP contribution in [0.4, 0.5) is 5.69 Å². The number of fused-ring (bicyclic) bond motifs is 1. The van der Waals surface area contributed by atoms with E-state index < -0.39 is 0 Å². The van der Waals surface area contributed by atoms with Gasteiger partial charge in [0.1, 0.15) is 11.4 Å². The molecule has 0 saturated heterocycles. The molecule has 0 fully saturated rings. The number of allylic oxidation sites excluding steroid dienone is 3. The zero-order valence-electron chi connectivity index (χ0n) is 17.2. The summed E-state index contributed by atoms with van der Waals surface area (Å²) in [4.78, 5) is 17.4. The summed E-state index contributed by atoms with van der Waals surface area (Å²) in [7, 11) is 5.31. The molecule has 5 nitrogen and oxygen atoms in total. The van der Waals surface area contributed by atoms with E-state index in [9.17, 15) is 9.90 Å². The third kappa shape index (κ3) is 4.64. The van der Waals surface area contributed by atoms with Gasteiger partial charge >= 0.3 is 58.2 Å². The Labute approximate surface area is 229 Å². The van der Waals surface area contributed by atoms with E-state index in [1.165, 1.54) is 9.80 Å². The molecule has 0 saturated carbocycles. The molecule has 0 aromatic heterocycles. The summed E-state index contributed by atoms with van der Waals surface area (Å²) in [6.45, 7) is 7.86. The fourth-order valence-electron chi connectivity index (χ4n) is 3.08. The molecule has 0 unspecified atom stereocenters. The largest absolute Gasteiger partial charge is 1.00 e. The maximum atomic E-state index is 12.4. The maximum absolute atomic E-state index is 12.4. The van der Waals surface area contributed by atoms with Gasteiger partial charge in [-0.2, -0.15) is 5.69 Å². The van der Waals surface area contributed by atoms with Gasteiger partial charge in [0.05, 0.1) is 0 Å². The van der Waals surface area contributed by atoms with Crippen molar-refractivity contribution in [3.63, 3.8) is 0 Å². The van der Waals surface area contributed by atoms with Crippen LogP contribution in [0, 0.1) is 26.0 Å². The SMILES string of the molecule is C=C1N(C)C(=O)C(/C=C/C=C2/Cc3[c-]c(C)c(C)[c-]c3N2C)=C(O)N1C.[Rb+].[Re]. The Morgan fingerprint density at radius 2 is 1.68 bits per heavy atom. The summed E-state index contributed by atoms with van der Waals surface area (Å²) in [6, 6.07) is 6.83. The average molecular weight is 621 g/mol. The normalized spacial score (nSPS) is 18.0. The summed E-state index contributed by atoms with van der Waals surface area (Å²) in [6.07, 6.45) is 6.13. The predicted molar refractivity (Wildman–Crippen MR) is 102 cm³/mol. The van der Waals surface area contributed by atoms with Gasteiger partial charge in [-0.15, -0.1) is 13.8 Å². The summed E-state index contributed by atoms with van der Waals surface area (Å²) in [5, 5.41) is 10.2. The molecule has 7 heteroatoms. The Kier molecular flexibility index (Phi) is 9.14. The Bertz CT molecular complexity index is 905. The number of amides is 1. The number of carbonyl (C=O) groups excluding carboxylic acids is 1. The Morgan fingerprint density at radius 3 is 2.32 bits per heavy atom. The molecule has 28 heavy (non-hydrogen) atoms. The zero-order valence-corrected chi connectivity index (χ0v) is 24.9. The van der Waals surface area contributed by atoms with E-state index in [1.807, 2.05) is 27.0 Å². The molecule has 2 aliphatic heterocycles. The van der Waals surface area contributed by atoms with Crippen LogP contribution in [0.15, 0.2) is 47.8 Å². The molecule has 1 aromatic rings. The molecular weight excluding hydrogens is 598 g/mol. The van der Waals surface area contributed by atoms with Crippen molar-refractivity contribution in [2.45, 2.75) is 20.3 Å². The first-order valence-electron chi connectivity index (χ1n) is 8.42. The Morgan fingerprint density at radius 1 is 1.07 bits per heavy atom. The number of nitrogens with zero attached hydrogens (tertiary/aromatic N) is 3. The van der Waals surface area contributed by atoms with Gasteiger partial charge in [0.25, 0.3) is 5.91 Å². The van der Waals surface area contributed by atoms with Gasteiger partial charge in [-0.3, -0.25) is 26.9 Å². The van der Waals surface area contributed by atoms with E-state index >= 15 is 0 Å². The van der Waals surface area contributed by atoms with Gasteiger partial charge in [-0.05, 0) is 24.9 Å². The predicted octanol–water partition coefficient (Wildman–Crippen LogP) is -0.0177. The number of hydrogen-bond donors (Lipinski definition) is 1. The minimum atomic E-state index is -0.281.